The van der Waals surface area contributed by atoms with Crippen LogP contribution in [-0.4, -0.2) is 64.7 Å². The SMILES string of the molecule is CN(C)CC(=O)Nc1cccc(-c2cc3c(-c4cc5c(N6CCCCC6)cccc5[nH]4)n[nH]c3cn2)c1. The molecule has 37 heavy (non-hydrogen) atoms. The molecule has 188 valence electrons. The fraction of sp³-hybridized carbons (Fsp3) is 0.276. The Morgan fingerprint density at radius 3 is 2.68 bits per heavy atom. The first-order valence-corrected chi connectivity index (χ1v) is 12.8. The first-order valence-electron chi connectivity index (χ1n) is 12.8. The number of hydrogen-bond donors (Lipinski definition) is 3. The van der Waals surface area contributed by atoms with Crippen molar-refractivity contribution in [2.45, 2.75) is 19.3 Å². The zero-order valence-electron chi connectivity index (χ0n) is 21.2. The molecule has 3 aromatic heterocycles. The van der Waals surface area contributed by atoms with Gasteiger partial charge in [0.1, 0.15) is 5.69 Å². The van der Waals surface area contributed by atoms with E-state index in [2.05, 4.69) is 60.7 Å². The van der Waals surface area contributed by atoms with Crippen molar-refractivity contribution in [3.63, 3.8) is 0 Å². The van der Waals surface area contributed by atoms with Crippen LogP contribution in [-0.2, 0) is 4.79 Å². The van der Waals surface area contributed by atoms with Gasteiger partial charge in [-0.05, 0) is 69.8 Å². The largest absolute Gasteiger partial charge is 0.371 e. The Morgan fingerprint density at radius 2 is 1.84 bits per heavy atom. The number of fused-ring (bicyclic) bond motifs is 2. The Bertz CT molecular complexity index is 1580. The number of carbonyl (C=O) groups excluding carboxylic acids is 1. The van der Waals surface area contributed by atoms with Gasteiger partial charge in [0.25, 0.3) is 0 Å². The van der Waals surface area contributed by atoms with E-state index in [1.165, 1.54) is 30.3 Å². The lowest BCUT2D eigenvalue weighted by Crippen LogP contribution is -2.29. The molecule has 0 aliphatic carbocycles. The van der Waals surface area contributed by atoms with Crippen molar-refractivity contribution in [3.05, 3.63) is 60.8 Å². The number of pyridine rings is 1. The van der Waals surface area contributed by atoms with E-state index in [-0.39, 0.29) is 5.91 Å². The highest BCUT2D eigenvalue weighted by atomic mass is 16.2. The molecule has 0 spiro atoms. The third-order valence-electron chi connectivity index (χ3n) is 6.94. The molecular formula is C29H31N7O. The number of piperidine rings is 1. The van der Waals surface area contributed by atoms with Gasteiger partial charge in [0.2, 0.25) is 5.91 Å². The molecule has 0 saturated carbocycles. The summed E-state index contributed by atoms with van der Waals surface area (Å²) in [7, 11) is 3.75. The van der Waals surface area contributed by atoms with Gasteiger partial charge in [-0.3, -0.25) is 14.9 Å². The van der Waals surface area contributed by atoms with Crippen LogP contribution >= 0.6 is 0 Å². The van der Waals surface area contributed by atoms with E-state index in [0.717, 1.165) is 57.8 Å². The van der Waals surface area contributed by atoms with E-state index in [9.17, 15) is 4.79 Å². The second-order valence-corrected chi connectivity index (χ2v) is 10.0. The summed E-state index contributed by atoms with van der Waals surface area (Å²) in [4.78, 5) is 24.8. The number of anilines is 2. The lowest BCUT2D eigenvalue weighted by atomic mass is 10.1. The van der Waals surface area contributed by atoms with Crippen molar-refractivity contribution in [2.24, 2.45) is 0 Å². The summed E-state index contributed by atoms with van der Waals surface area (Å²) in [6, 6.07) is 18.5. The number of likely N-dealkylation sites (N-methyl/N-ethyl adjacent to an activating group) is 1. The summed E-state index contributed by atoms with van der Waals surface area (Å²) in [5.41, 5.74) is 7.63. The summed E-state index contributed by atoms with van der Waals surface area (Å²) in [5.74, 6) is -0.0505. The third-order valence-corrected chi connectivity index (χ3v) is 6.94. The van der Waals surface area contributed by atoms with Gasteiger partial charge in [0, 0.05) is 46.3 Å². The molecule has 1 fully saturated rings. The minimum atomic E-state index is -0.0505. The van der Waals surface area contributed by atoms with Gasteiger partial charge in [-0.15, -0.1) is 0 Å². The fourth-order valence-corrected chi connectivity index (χ4v) is 5.20. The summed E-state index contributed by atoms with van der Waals surface area (Å²) in [6.45, 7) is 2.54. The zero-order chi connectivity index (χ0) is 25.4. The van der Waals surface area contributed by atoms with Crippen LogP contribution in [0.5, 0.6) is 0 Å². The van der Waals surface area contributed by atoms with E-state index in [4.69, 9.17) is 0 Å². The summed E-state index contributed by atoms with van der Waals surface area (Å²) < 4.78 is 0. The number of hydrogen-bond acceptors (Lipinski definition) is 5. The molecule has 8 heteroatoms. The predicted octanol–water partition coefficient (Wildman–Crippen LogP) is 5.26. The Morgan fingerprint density at radius 1 is 1.00 bits per heavy atom. The number of carbonyl (C=O) groups is 1. The Balaban J connectivity index is 1.35. The standard InChI is InChI=1S/C29H31N7O/c1-35(2)18-28(37)31-20-9-6-8-19(14-20)24-16-22-26(17-30-24)33-34-29(22)25-15-21-23(32-25)10-7-11-27(21)36-12-4-3-5-13-36/h6-11,14-17,32H,3-5,12-13,18H2,1-2H3,(H,31,37)(H,33,34). The van der Waals surface area contributed by atoms with Gasteiger partial charge >= 0.3 is 0 Å². The fourth-order valence-electron chi connectivity index (χ4n) is 5.20. The lowest BCUT2D eigenvalue weighted by molar-refractivity contribution is -0.116. The van der Waals surface area contributed by atoms with E-state index in [1.54, 1.807) is 0 Å². The third kappa shape index (κ3) is 4.68. The maximum Gasteiger partial charge on any atom is 0.238 e. The Labute approximate surface area is 215 Å². The smallest absolute Gasteiger partial charge is 0.238 e. The number of benzene rings is 2. The van der Waals surface area contributed by atoms with E-state index in [1.807, 2.05) is 49.5 Å². The summed E-state index contributed by atoms with van der Waals surface area (Å²) >= 11 is 0. The average molecular weight is 494 g/mol. The van der Waals surface area contributed by atoms with E-state index in [0.29, 0.717) is 6.54 Å². The van der Waals surface area contributed by atoms with Crippen molar-refractivity contribution < 1.29 is 4.79 Å². The number of amides is 1. The maximum atomic E-state index is 12.2. The number of aromatic amines is 2. The molecule has 0 atom stereocenters. The highest BCUT2D eigenvalue weighted by Gasteiger charge is 2.18. The van der Waals surface area contributed by atoms with Crippen molar-refractivity contribution in [1.29, 1.82) is 0 Å². The molecule has 1 aliphatic rings. The van der Waals surface area contributed by atoms with Crippen molar-refractivity contribution in [1.82, 2.24) is 25.1 Å². The van der Waals surface area contributed by atoms with Gasteiger partial charge in [0.15, 0.2) is 0 Å². The van der Waals surface area contributed by atoms with E-state index >= 15 is 0 Å². The highest BCUT2D eigenvalue weighted by Crippen LogP contribution is 2.35. The van der Waals surface area contributed by atoms with Gasteiger partial charge in [-0.25, -0.2) is 0 Å². The molecule has 6 rings (SSSR count). The molecule has 4 heterocycles. The number of H-pyrrole nitrogens is 2. The molecule has 0 bridgehead atoms. The molecule has 1 saturated heterocycles. The molecule has 5 aromatic rings. The first kappa shape index (κ1) is 23.2. The van der Waals surface area contributed by atoms with Crippen molar-refractivity contribution in [2.75, 3.05) is 43.9 Å². The van der Waals surface area contributed by atoms with Gasteiger partial charge in [-0.2, -0.15) is 5.10 Å². The zero-order valence-corrected chi connectivity index (χ0v) is 21.2. The van der Waals surface area contributed by atoms with Crippen LogP contribution in [0.25, 0.3) is 44.5 Å². The molecule has 2 aromatic carbocycles. The molecular weight excluding hydrogens is 462 g/mol. The van der Waals surface area contributed by atoms with Crippen LogP contribution in [0.3, 0.4) is 0 Å². The minimum absolute atomic E-state index is 0.0505. The normalized spacial score (nSPS) is 14.1. The Hall–Kier alpha value is -4.17. The minimum Gasteiger partial charge on any atom is -0.371 e. The van der Waals surface area contributed by atoms with Gasteiger partial charge in [0.05, 0.1) is 29.6 Å². The van der Waals surface area contributed by atoms with Crippen molar-refractivity contribution in [3.8, 4) is 22.6 Å². The van der Waals surface area contributed by atoms with Crippen molar-refractivity contribution >= 4 is 39.1 Å². The summed E-state index contributed by atoms with van der Waals surface area (Å²) in [5, 5.41) is 13.0. The number of nitrogens with zero attached hydrogens (tertiary/aromatic N) is 4. The number of aromatic nitrogens is 4. The van der Waals surface area contributed by atoms with Crippen LogP contribution in [0.2, 0.25) is 0 Å². The number of rotatable bonds is 6. The van der Waals surface area contributed by atoms with Gasteiger partial charge in [-0.1, -0.05) is 18.2 Å². The van der Waals surface area contributed by atoms with Gasteiger partial charge < -0.3 is 20.1 Å². The average Bonchev–Trinajstić information content (AvgIpc) is 3.52. The van der Waals surface area contributed by atoms with Crippen LogP contribution in [0.4, 0.5) is 11.4 Å². The quantitative estimate of drug-likeness (QED) is 0.300. The molecule has 3 N–H and O–H groups in total. The molecule has 8 nitrogen and oxygen atoms in total. The highest BCUT2D eigenvalue weighted by molar-refractivity contribution is 6.00. The molecule has 0 unspecified atom stereocenters. The second kappa shape index (κ2) is 9.71. The van der Waals surface area contributed by atoms with Crippen LogP contribution < -0.4 is 10.2 Å². The monoisotopic (exact) mass is 493 g/mol. The maximum absolute atomic E-state index is 12.2. The molecule has 0 radical (unpaired) electrons. The number of nitrogens with one attached hydrogen (secondary N) is 3. The second-order valence-electron chi connectivity index (χ2n) is 10.0. The predicted molar refractivity (Wildman–Crippen MR) is 150 cm³/mol. The first-order chi connectivity index (χ1) is 18.0. The molecule has 1 amide bonds. The summed E-state index contributed by atoms with van der Waals surface area (Å²) in [6.07, 6.45) is 5.62. The van der Waals surface area contributed by atoms with Crippen LogP contribution in [0.15, 0.2) is 60.8 Å². The van der Waals surface area contributed by atoms with Crippen LogP contribution in [0, 0.1) is 0 Å². The Kier molecular flexibility index (Phi) is 6.10. The topological polar surface area (TPSA) is 92.9 Å². The van der Waals surface area contributed by atoms with E-state index < -0.39 is 0 Å². The molecule has 1 aliphatic heterocycles. The lowest BCUT2D eigenvalue weighted by Gasteiger charge is -2.29. The van der Waals surface area contributed by atoms with Crippen LogP contribution in [0.1, 0.15) is 19.3 Å².